The van der Waals surface area contributed by atoms with Crippen LogP contribution in [-0.2, 0) is 9.53 Å². The number of carbonyl (C=O) groups is 2. The third-order valence-corrected chi connectivity index (χ3v) is 2.67. The molecule has 2 atom stereocenters. The van der Waals surface area contributed by atoms with Gasteiger partial charge in [0.15, 0.2) is 0 Å². The fourth-order valence-electron chi connectivity index (χ4n) is 1.69. The fraction of sp³-hybridized carbons (Fsp3) is 0.364. The molecule has 18 heavy (non-hydrogen) atoms. The monoisotopic (exact) mass is 254 g/mol. The average Bonchev–Trinajstić information content (AvgIpc) is 2.78. The van der Waals surface area contributed by atoms with E-state index in [0.29, 0.717) is 0 Å². The predicted molar refractivity (Wildman–Crippen MR) is 57.4 cm³/mol. The summed E-state index contributed by atoms with van der Waals surface area (Å²) in [5.74, 6) is -2.88. The number of carboxylic acids is 1. The van der Waals surface area contributed by atoms with Gasteiger partial charge >= 0.3 is 5.97 Å². The summed E-state index contributed by atoms with van der Waals surface area (Å²) in [5, 5.41) is 11.4. The third kappa shape index (κ3) is 2.62. The maximum Gasteiger partial charge on any atom is 0.311 e. The Kier molecular flexibility index (Phi) is 3.52. The van der Waals surface area contributed by atoms with Gasteiger partial charge in [0.05, 0.1) is 25.5 Å². The van der Waals surface area contributed by atoms with E-state index < -0.39 is 29.7 Å². The molecule has 1 aliphatic heterocycles. The Morgan fingerprint density at radius 3 is 2.83 bits per heavy atom. The number of nitrogens with zero attached hydrogens (tertiary/aromatic N) is 1. The largest absolute Gasteiger partial charge is 0.481 e. The summed E-state index contributed by atoms with van der Waals surface area (Å²) < 4.78 is 17.6. The summed E-state index contributed by atoms with van der Waals surface area (Å²) in [6.45, 7) is 0.209. The van der Waals surface area contributed by atoms with Crippen molar-refractivity contribution in [2.24, 2.45) is 5.92 Å². The zero-order chi connectivity index (χ0) is 13.1. The Labute approximate surface area is 102 Å². The van der Waals surface area contributed by atoms with Gasteiger partial charge in [-0.2, -0.15) is 0 Å². The van der Waals surface area contributed by atoms with E-state index >= 15 is 0 Å². The maximum absolute atomic E-state index is 12.6. The van der Waals surface area contributed by atoms with E-state index in [1.807, 2.05) is 0 Å². The van der Waals surface area contributed by atoms with Crippen LogP contribution in [0, 0.1) is 11.7 Å². The van der Waals surface area contributed by atoms with Crippen molar-refractivity contribution in [3.63, 3.8) is 0 Å². The Morgan fingerprint density at radius 1 is 1.44 bits per heavy atom. The van der Waals surface area contributed by atoms with Gasteiger partial charge in [-0.05, 0) is 12.1 Å². The number of carboxylic acid groups (broad SMARTS) is 1. The lowest BCUT2D eigenvalue weighted by atomic mass is 10.0. The third-order valence-electron chi connectivity index (χ3n) is 2.67. The van der Waals surface area contributed by atoms with E-state index in [4.69, 9.17) is 9.84 Å². The van der Waals surface area contributed by atoms with Gasteiger partial charge in [0.2, 0.25) is 0 Å². The SMILES string of the molecule is O=C(NC1COCC1C(=O)O)c1ccc(F)cn1. The van der Waals surface area contributed by atoms with Gasteiger partial charge < -0.3 is 15.2 Å². The Bertz CT molecular complexity index is 463. The minimum absolute atomic E-state index is 0.0347. The molecule has 1 aromatic rings. The highest BCUT2D eigenvalue weighted by atomic mass is 19.1. The average molecular weight is 254 g/mol. The van der Waals surface area contributed by atoms with Gasteiger partial charge in [0, 0.05) is 0 Å². The van der Waals surface area contributed by atoms with Crippen LogP contribution in [0.4, 0.5) is 4.39 Å². The van der Waals surface area contributed by atoms with Gasteiger partial charge in [-0.1, -0.05) is 0 Å². The molecule has 0 saturated carbocycles. The molecular weight excluding hydrogens is 243 g/mol. The summed E-state index contributed by atoms with van der Waals surface area (Å²) in [6, 6.07) is 1.75. The van der Waals surface area contributed by atoms with Crippen LogP contribution in [-0.4, -0.2) is 41.2 Å². The molecule has 96 valence electrons. The lowest BCUT2D eigenvalue weighted by Crippen LogP contribution is -2.42. The summed E-state index contributed by atoms with van der Waals surface area (Å²) in [6.07, 6.45) is 0.925. The van der Waals surface area contributed by atoms with E-state index in [1.54, 1.807) is 0 Å². The van der Waals surface area contributed by atoms with Gasteiger partial charge in [-0.3, -0.25) is 9.59 Å². The number of ether oxygens (including phenoxy) is 1. The van der Waals surface area contributed by atoms with Crippen LogP contribution in [0.1, 0.15) is 10.5 Å². The van der Waals surface area contributed by atoms with Crippen molar-refractivity contribution in [3.8, 4) is 0 Å². The molecule has 1 amide bonds. The van der Waals surface area contributed by atoms with Crippen LogP contribution < -0.4 is 5.32 Å². The summed E-state index contributed by atoms with van der Waals surface area (Å²) >= 11 is 0. The van der Waals surface area contributed by atoms with Gasteiger partial charge in [0.25, 0.3) is 5.91 Å². The number of hydrogen-bond acceptors (Lipinski definition) is 4. The number of halogens is 1. The second-order valence-electron chi connectivity index (χ2n) is 3.92. The van der Waals surface area contributed by atoms with E-state index in [-0.39, 0.29) is 18.9 Å². The number of nitrogens with one attached hydrogen (secondary N) is 1. The first-order chi connectivity index (χ1) is 8.58. The first kappa shape index (κ1) is 12.4. The molecule has 0 spiro atoms. The zero-order valence-electron chi connectivity index (χ0n) is 9.30. The highest BCUT2D eigenvalue weighted by molar-refractivity contribution is 5.92. The highest BCUT2D eigenvalue weighted by Gasteiger charge is 2.35. The molecule has 0 radical (unpaired) electrons. The van der Waals surface area contributed by atoms with Gasteiger partial charge in [-0.25, -0.2) is 9.37 Å². The highest BCUT2D eigenvalue weighted by Crippen LogP contribution is 2.14. The number of pyridine rings is 1. The molecule has 2 rings (SSSR count). The Morgan fingerprint density at radius 2 is 2.22 bits per heavy atom. The standard InChI is InChI=1S/C11H11FN2O4/c12-6-1-2-8(13-3-6)10(15)14-9-5-18-4-7(9)11(16)17/h1-3,7,9H,4-5H2,(H,14,15)(H,16,17). The van der Waals surface area contributed by atoms with Crippen LogP contribution in [0.2, 0.25) is 0 Å². The number of carbonyl (C=O) groups excluding carboxylic acids is 1. The van der Waals surface area contributed by atoms with E-state index in [9.17, 15) is 14.0 Å². The molecule has 0 bridgehead atoms. The van der Waals surface area contributed by atoms with E-state index in [1.165, 1.54) is 6.07 Å². The zero-order valence-corrected chi connectivity index (χ0v) is 9.30. The smallest absolute Gasteiger partial charge is 0.311 e. The topological polar surface area (TPSA) is 88.5 Å². The lowest BCUT2D eigenvalue weighted by Gasteiger charge is -2.15. The molecule has 2 unspecified atom stereocenters. The van der Waals surface area contributed by atoms with Crippen molar-refractivity contribution >= 4 is 11.9 Å². The molecule has 0 aliphatic carbocycles. The first-order valence-electron chi connectivity index (χ1n) is 5.31. The maximum atomic E-state index is 12.6. The van der Waals surface area contributed by atoms with Crippen LogP contribution in [0.25, 0.3) is 0 Å². The molecule has 1 fully saturated rings. The predicted octanol–water partition coefficient (Wildman–Crippen LogP) is 0.0501. The summed E-state index contributed by atoms with van der Waals surface area (Å²) in [4.78, 5) is 26.2. The minimum atomic E-state index is -1.02. The van der Waals surface area contributed by atoms with Crippen LogP contribution in [0.15, 0.2) is 18.3 Å². The molecule has 6 nitrogen and oxygen atoms in total. The van der Waals surface area contributed by atoms with Crippen LogP contribution in [0.3, 0.4) is 0 Å². The molecule has 1 aliphatic rings. The van der Waals surface area contributed by atoms with Gasteiger partial charge in [-0.15, -0.1) is 0 Å². The second kappa shape index (κ2) is 5.09. The van der Waals surface area contributed by atoms with E-state index in [0.717, 1.165) is 12.3 Å². The normalized spacial score (nSPS) is 22.7. The lowest BCUT2D eigenvalue weighted by molar-refractivity contribution is -0.142. The molecule has 2 heterocycles. The molecule has 1 aromatic heterocycles. The summed E-state index contributed by atoms with van der Waals surface area (Å²) in [5.41, 5.74) is 0.0347. The number of rotatable bonds is 3. The number of amides is 1. The molecule has 7 heteroatoms. The van der Waals surface area contributed by atoms with Gasteiger partial charge in [0.1, 0.15) is 17.4 Å². The number of aromatic nitrogens is 1. The van der Waals surface area contributed by atoms with Crippen molar-refractivity contribution in [1.82, 2.24) is 10.3 Å². The quantitative estimate of drug-likeness (QED) is 0.795. The summed E-state index contributed by atoms with van der Waals surface area (Å²) in [7, 11) is 0. The Balaban J connectivity index is 2.03. The molecule has 2 N–H and O–H groups in total. The minimum Gasteiger partial charge on any atom is -0.481 e. The molecule has 1 saturated heterocycles. The number of hydrogen-bond donors (Lipinski definition) is 2. The van der Waals surface area contributed by atoms with Crippen molar-refractivity contribution < 1.29 is 23.8 Å². The molecular formula is C11H11FN2O4. The molecule has 0 aromatic carbocycles. The van der Waals surface area contributed by atoms with Crippen molar-refractivity contribution in [2.75, 3.05) is 13.2 Å². The Hall–Kier alpha value is -2.02. The second-order valence-corrected chi connectivity index (χ2v) is 3.92. The van der Waals surface area contributed by atoms with Crippen LogP contribution in [0.5, 0.6) is 0 Å². The fourth-order valence-corrected chi connectivity index (χ4v) is 1.69. The van der Waals surface area contributed by atoms with Crippen molar-refractivity contribution in [3.05, 3.63) is 29.8 Å². The van der Waals surface area contributed by atoms with E-state index in [2.05, 4.69) is 10.3 Å². The van der Waals surface area contributed by atoms with Crippen molar-refractivity contribution in [2.45, 2.75) is 6.04 Å². The van der Waals surface area contributed by atoms with Crippen LogP contribution >= 0.6 is 0 Å². The van der Waals surface area contributed by atoms with Crippen molar-refractivity contribution in [1.29, 1.82) is 0 Å². The first-order valence-corrected chi connectivity index (χ1v) is 5.31. The number of aliphatic carboxylic acids is 1.